The van der Waals surface area contributed by atoms with E-state index < -0.39 is 0 Å². The molecule has 2 N–H and O–H groups in total. The van der Waals surface area contributed by atoms with Gasteiger partial charge >= 0.3 is 6.03 Å². The maximum Gasteiger partial charge on any atom is 0.319 e. The van der Waals surface area contributed by atoms with Gasteiger partial charge in [-0.15, -0.1) is 0 Å². The number of urea groups is 1. The molecule has 5 heteroatoms. The van der Waals surface area contributed by atoms with Crippen molar-refractivity contribution < 1.29 is 14.3 Å². The molecule has 23 heavy (non-hydrogen) atoms. The van der Waals surface area contributed by atoms with Crippen LogP contribution >= 0.6 is 0 Å². The van der Waals surface area contributed by atoms with E-state index in [1.165, 1.54) is 6.92 Å². The first-order valence-electron chi connectivity index (χ1n) is 7.38. The number of ketones is 1. The lowest BCUT2D eigenvalue weighted by Gasteiger charge is -2.10. The van der Waals surface area contributed by atoms with Gasteiger partial charge in [-0.2, -0.15) is 0 Å². The van der Waals surface area contributed by atoms with E-state index in [0.29, 0.717) is 24.2 Å². The predicted molar refractivity (Wildman–Crippen MR) is 90.2 cm³/mol. The molecule has 0 aromatic heterocycles. The Morgan fingerprint density at radius 1 is 1.09 bits per heavy atom. The molecule has 2 aromatic carbocycles. The van der Waals surface area contributed by atoms with Crippen LogP contribution in [0.1, 0.15) is 22.8 Å². The number of hydrogen-bond donors (Lipinski definition) is 2. The van der Waals surface area contributed by atoms with Crippen LogP contribution in [0.15, 0.2) is 48.5 Å². The summed E-state index contributed by atoms with van der Waals surface area (Å²) in [6.07, 6.45) is 0.672. The van der Waals surface area contributed by atoms with Crippen molar-refractivity contribution in [2.45, 2.75) is 13.3 Å². The van der Waals surface area contributed by atoms with Crippen molar-refractivity contribution in [2.24, 2.45) is 0 Å². The molecule has 120 valence electrons. The summed E-state index contributed by atoms with van der Waals surface area (Å²) in [5, 5.41) is 5.51. The van der Waals surface area contributed by atoms with Gasteiger partial charge in [0.1, 0.15) is 5.75 Å². The average Bonchev–Trinajstić information content (AvgIpc) is 2.55. The van der Waals surface area contributed by atoms with E-state index in [4.69, 9.17) is 4.74 Å². The van der Waals surface area contributed by atoms with Crippen molar-refractivity contribution in [2.75, 3.05) is 19.0 Å². The lowest BCUT2D eigenvalue weighted by molar-refractivity contribution is 0.101. The highest BCUT2D eigenvalue weighted by Gasteiger charge is 2.05. The Morgan fingerprint density at radius 2 is 1.87 bits per heavy atom. The minimum atomic E-state index is -0.305. The van der Waals surface area contributed by atoms with Crippen LogP contribution in [0, 0.1) is 0 Å². The molecule has 0 spiro atoms. The fraction of sp³-hybridized carbons (Fsp3) is 0.222. The van der Waals surface area contributed by atoms with E-state index in [2.05, 4.69) is 10.6 Å². The minimum absolute atomic E-state index is 0.0368. The second-order valence-corrected chi connectivity index (χ2v) is 5.08. The monoisotopic (exact) mass is 312 g/mol. The van der Waals surface area contributed by atoms with Crippen LogP contribution in [-0.2, 0) is 6.42 Å². The topological polar surface area (TPSA) is 67.4 Å². The van der Waals surface area contributed by atoms with Gasteiger partial charge in [0.15, 0.2) is 5.78 Å². The molecular weight excluding hydrogens is 292 g/mol. The first-order chi connectivity index (χ1) is 11.1. The molecule has 0 radical (unpaired) electrons. The highest BCUT2D eigenvalue weighted by Crippen LogP contribution is 2.17. The van der Waals surface area contributed by atoms with Crippen LogP contribution in [0.5, 0.6) is 5.75 Å². The lowest BCUT2D eigenvalue weighted by atomic mass is 10.1. The Balaban J connectivity index is 1.86. The quantitative estimate of drug-likeness (QED) is 0.805. The number of benzene rings is 2. The van der Waals surface area contributed by atoms with Crippen molar-refractivity contribution in [3.05, 3.63) is 59.7 Å². The number of rotatable bonds is 6. The van der Waals surface area contributed by atoms with E-state index in [0.717, 1.165) is 11.3 Å². The zero-order valence-corrected chi connectivity index (χ0v) is 13.3. The number of carbonyl (C=O) groups is 2. The second kappa shape index (κ2) is 7.98. The minimum Gasteiger partial charge on any atom is -0.496 e. The molecule has 5 nitrogen and oxygen atoms in total. The van der Waals surface area contributed by atoms with Crippen molar-refractivity contribution >= 4 is 17.5 Å². The van der Waals surface area contributed by atoms with Crippen molar-refractivity contribution in [3.63, 3.8) is 0 Å². The van der Waals surface area contributed by atoms with E-state index in [-0.39, 0.29) is 11.8 Å². The van der Waals surface area contributed by atoms with Crippen LogP contribution in [0.2, 0.25) is 0 Å². The highest BCUT2D eigenvalue weighted by atomic mass is 16.5. The number of amides is 2. The number of para-hydroxylation sites is 1. The summed E-state index contributed by atoms with van der Waals surface area (Å²) in [6.45, 7) is 1.98. The molecule has 0 unspecified atom stereocenters. The lowest BCUT2D eigenvalue weighted by Crippen LogP contribution is -2.30. The molecule has 0 fully saturated rings. The average molecular weight is 312 g/mol. The molecule has 0 aliphatic carbocycles. The number of anilines is 1. The number of carbonyl (C=O) groups excluding carboxylic acids is 2. The Bertz CT molecular complexity index is 698. The van der Waals surface area contributed by atoms with E-state index in [1.807, 2.05) is 24.3 Å². The number of hydrogen-bond acceptors (Lipinski definition) is 3. The molecular formula is C18H20N2O3. The summed E-state index contributed by atoms with van der Waals surface area (Å²) in [5.74, 6) is 0.772. The molecule has 0 atom stereocenters. The van der Waals surface area contributed by atoms with Crippen molar-refractivity contribution in [3.8, 4) is 5.75 Å². The number of ether oxygens (including phenoxy) is 1. The molecule has 0 bridgehead atoms. The molecule has 2 rings (SSSR count). The van der Waals surface area contributed by atoms with E-state index in [1.54, 1.807) is 31.4 Å². The molecule has 2 amide bonds. The first kappa shape index (κ1) is 16.5. The second-order valence-electron chi connectivity index (χ2n) is 5.08. The molecule has 0 heterocycles. The first-order valence-corrected chi connectivity index (χ1v) is 7.38. The third kappa shape index (κ3) is 4.85. The van der Waals surface area contributed by atoms with Gasteiger partial charge in [0.2, 0.25) is 0 Å². The third-order valence-electron chi connectivity index (χ3n) is 3.40. The number of methoxy groups -OCH3 is 1. The van der Waals surface area contributed by atoms with Crippen LogP contribution in [-0.4, -0.2) is 25.5 Å². The van der Waals surface area contributed by atoms with Gasteiger partial charge in [-0.1, -0.05) is 30.3 Å². The molecule has 0 saturated heterocycles. The smallest absolute Gasteiger partial charge is 0.319 e. The van der Waals surface area contributed by atoms with Crippen LogP contribution in [0.4, 0.5) is 10.5 Å². The predicted octanol–water partition coefficient (Wildman–Crippen LogP) is 3.26. The van der Waals surface area contributed by atoms with E-state index >= 15 is 0 Å². The molecule has 0 aliphatic heterocycles. The Kier molecular flexibility index (Phi) is 5.74. The Hall–Kier alpha value is -2.82. The molecule has 2 aromatic rings. The summed E-state index contributed by atoms with van der Waals surface area (Å²) < 4.78 is 5.27. The highest BCUT2D eigenvalue weighted by molar-refractivity contribution is 5.96. The fourth-order valence-electron chi connectivity index (χ4n) is 2.21. The normalized spacial score (nSPS) is 10.0. The fourth-order valence-corrected chi connectivity index (χ4v) is 2.21. The van der Waals surface area contributed by atoms with E-state index in [9.17, 15) is 9.59 Å². The zero-order valence-electron chi connectivity index (χ0n) is 13.3. The number of Topliss-reactive ketones (excluding diaryl/α,β-unsaturated/α-hetero) is 1. The van der Waals surface area contributed by atoms with Crippen LogP contribution < -0.4 is 15.4 Å². The largest absolute Gasteiger partial charge is 0.496 e. The van der Waals surface area contributed by atoms with Crippen LogP contribution in [0.25, 0.3) is 0 Å². The SMILES string of the molecule is COc1ccccc1CCNC(=O)Nc1cccc(C(C)=O)c1. The summed E-state index contributed by atoms with van der Waals surface area (Å²) in [5.41, 5.74) is 2.19. The van der Waals surface area contributed by atoms with Gasteiger partial charge in [-0.05, 0) is 37.1 Å². The maximum absolute atomic E-state index is 11.9. The summed E-state index contributed by atoms with van der Waals surface area (Å²) in [7, 11) is 1.63. The molecule has 0 saturated carbocycles. The van der Waals surface area contributed by atoms with Gasteiger partial charge < -0.3 is 15.4 Å². The van der Waals surface area contributed by atoms with Gasteiger partial charge in [0.05, 0.1) is 7.11 Å². The van der Waals surface area contributed by atoms with Crippen molar-refractivity contribution in [1.82, 2.24) is 5.32 Å². The standard InChI is InChI=1S/C18H20N2O3/c1-13(21)15-7-5-8-16(12-15)20-18(22)19-11-10-14-6-3-4-9-17(14)23-2/h3-9,12H,10-11H2,1-2H3,(H2,19,20,22). The maximum atomic E-state index is 11.9. The van der Waals surface area contributed by atoms with Crippen molar-refractivity contribution in [1.29, 1.82) is 0 Å². The zero-order chi connectivity index (χ0) is 16.7. The third-order valence-corrected chi connectivity index (χ3v) is 3.40. The van der Waals surface area contributed by atoms with Gasteiger partial charge in [0, 0.05) is 17.8 Å². The Morgan fingerprint density at radius 3 is 2.61 bits per heavy atom. The van der Waals surface area contributed by atoms with Crippen LogP contribution in [0.3, 0.4) is 0 Å². The van der Waals surface area contributed by atoms with Gasteiger partial charge in [0.25, 0.3) is 0 Å². The van der Waals surface area contributed by atoms with Gasteiger partial charge in [-0.3, -0.25) is 4.79 Å². The number of nitrogens with one attached hydrogen (secondary N) is 2. The summed E-state index contributed by atoms with van der Waals surface area (Å²) in [4.78, 5) is 23.2. The van der Waals surface area contributed by atoms with Gasteiger partial charge in [-0.25, -0.2) is 4.79 Å². The summed E-state index contributed by atoms with van der Waals surface area (Å²) >= 11 is 0. The molecule has 0 aliphatic rings. The summed E-state index contributed by atoms with van der Waals surface area (Å²) in [6, 6.07) is 14.2. The Labute approximate surface area is 135 Å².